The number of rotatable bonds is 7. The molecule has 1 aliphatic rings. The summed E-state index contributed by atoms with van der Waals surface area (Å²) in [7, 11) is 1.21. The SMILES string of the molecule is COC(=O)C(CC1CCC1)c1cc(OCC(F)(F)F)c(Cl)c(-c2ccc(C(F)(F)F)cc2)c1. The molecule has 1 unspecified atom stereocenters. The number of alkyl halides is 6. The zero-order valence-corrected chi connectivity index (χ0v) is 18.3. The third-order valence-corrected chi connectivity index (χ3v) is 6.05. The largest absolute Gasteiger partial charge is 0.483 e. The van der Waals surface area contributed by atoms with Crippen molar-refractivity contribution >= 4 is 17.6 Å². The van der Waals surface area contributed by atoms with Crippen LogP contribution in [-0.2, 0) is 15.7 Å². The zero-order chi connectivity index (χ0) is 24.4. The molecular formula is C23H21ClF6O3. The summed E-state index contributed by atoms with van der Waals surface area (Å²) in [5.41, 5.74) is -0.170. The van der Waals surface area contributed by atoms with Gasteiger partial charge in [-0.05, 0) is 47.7 Å². The van der Waals surface area contributed by atoms with Gasteiger partial charge >= 0.3 is 18.3 Å². The summed E-state index contributed by atoms with van der Waals surface area (Å²) in [6.45, 7) is -1.62. The molecule has 1 aliphatic carbocycles. The summed E-state index contributed by atoms with van der Waals surface area (Å²) < 4.78 is 86.9. The minimum absolute atomic E-state index is 0.155. The Morgan fingerprint density at radius 3 is 2.21 bits per heavy atom. The van der Waals surface area contributed by atoms with Crippen molar-refractivity contribution in [1.82, 2.24) is 0 Å². The van der Waals surface area contributed by atoms with E-state index in [9.17, 15) is 31.1 Å². The van der Waals surface area contributed by atoms with Crippen molar-refractivity contribution < 1.29 is 40.6 Å². The van der Waals surface area contributed by atoms with Gasteiger partial charge in [0.25, 0.3) is 0 Å². The molecular weight excluding hydrogens is 474 g/mol. The maximum absolute atomic E-state index is 12.9. The Labute approximate surface area is 191 Å². The van der Waals surface area contributed by atoms with Crippen molar-refractivity contribution in [3.05, 3.63) is 52.5 Å². The van der Waals surface area contributed by atoms with E-state index in [1.807, 2.05) is 0 Å². The fourth-order valence-corrected chi connectivity index (χ4v) is 3.98. The highest BCUT2D eigenvalue weighted by Gasteiger charge is 2.33. The van der Waals surface area contributed by atoms with Crippen molar-refractivity contribution in [2.75, 3.05) is 13.7 Å². The number of carbonyl (C=O) groups is 1. The lowest BCUT2D eigenvalue weighted by atomic mass is 9.77. The zero-order valence-electron chi connectivity index (χ0n) is 17.5. The smallest absolute Gasteiger partial charge is 0.422 e. The van der Waals surface area contributed by atoms with E-state index in [4.69, 9.17) is 21.1 Å². The molecule has 1 saturated carbocycles. The molecule has 33 heavy (non-hydrogen) atoms. The van der Waals surface area contributed by atoms with E-state index >= 15 is 0 Å². The Balaban J connectivity index is 2.07. The lowest BCUT2D eigenvalue weighted by Gasteiger charge is -2.29. The second-order valence-electron chi connectivity index (χ2n) is 7.97. The van der Waals surface area contributed by atoms with Crippen LogP contribution in [-0.4, -0.2) is 25.9 Å². The van der Waals surface area contributed by atoms with Gasteiger partial charge in [-0.15, -0.1) is 0 Å². The standard InChI is InChI=1S/C23H21ClF6O3/c1-32-21(31)18(9-13-3-2-4-13)15-10-17(14-5-7-16(8-6-14)23(28,29)30)20(24)19(11-15)33-12-22(25,26)27/h5-8,10-11,13,18H,2-4,9,12H2,1H3. The van der Waals surface area contributed by atoms with Crippen LogP contribution in [0.3, 0.4) is 0 Å². The summed E-state index contributed by atoms with van der Waals surface area (Å²) in [5, 5.41) is -0.199. The van der Waals surface area contributed by atoms with Crippen LogP contribution in [0.1, 0.15) is 42.7 Å². The highest BCUT2D eigenvalue weighted by atomic mass is 35.5. The molecule has 0 aromatic heterocycles. The van der Waals surface area contributed by atoms with Crippen molar-refractivity contribution in [2.24, 2.45) is 5.92 Å². The fourth-order valence-electron chi connectivity index (χ4n) is 3.71. The molecule has 2 aromatic carbocycles. The molecule has 0 N–H and O–H groups in total. The quantitative estimate of drug-likeness (QED) is 0.297. The topological polar surface area (TPSA) is 35.5 Å². The van der Waals surface area contributed by atoms with Crippen molar-refractivity contribution in [1.29, 1.82) is 0 Å². The lowest BCUT2D eigenvalue weighted by Crippen LogP contribution is -2.22. The first-order valence-corrected chi connectivity index (χ1v) is 10.6. The van der Waals surface area contributed by atoms with E-state index < -0.39 is 36.4 Å². The van der Waals surface area contributed by atoms with Gasteiger partial charge in [-0.1, -0.05) is 43.0 Å². The summed E-state index contributed by atoms with van der Waals surface area (Å²) in [6.07, 6.45) is -5.89. The van der Waals surface area contributed by atoms with Gasteiger partial charge in [0, 0.05) is 5.56 Å². The van der Waals surface area contributed by atoms with Crippen LogP contribution < -0.4 is 4.74 Å². The average molecular weight is 495 g/mol. The van der Waals surface area contributed by atoms with Gasteiger partial charge in [-0.3, -0.25) is 4.79 Å². The van der Waals surface area contributed by atoms with Gasteiger partial charge in [0.05, 0.1) is 23.6 Å². The molecule has 1 fully saturated rings. The fraction of sp³-hybridized carbons (Fsp3) is 0.435. The van der Waals surface area contributed by atoms with E-state index in [2.05, 4.69) is 0 Å². The van der Waals surface area contributed by atoms with Gasteiger partial charge in [0.2, 0.25) is 0 Å². The molecule has 180 valence electrons. The minimum Gasteiger partial charge on any atom is -0.483 e. The van der Waals surface area contributed by atoms with Crippen LogP contribution in [0, 0.1) is 5.92 Å². The predicted molar refractivity (Wildman–Crippen MR) is 110 cm³/mol. The molecule has 3 rings (SSSR count). The van der Waals surface area contributed by atoms with Gasteiger partial charge in [-0.25, -0.2) is 0 Å². The normalized spacial score (nSPS) is 15.6. The number of halogens is 7. The van der Waals surface area contributed by atoms with E-state index in [-0.39, 0.29) is 27.8 Å². The molecule has 0 radical (unpaired) electrons. The highest BCUT2D eigenvalue weighted by Crippen LogP contribution is 2.43. The monoisotopic (exact) mass is 494 g/mol. The third-order valence-electron chi connectivity index (χ3n) is 5.66. The van der Waals surface area contributed by atoms with Gasteiger partial charge < -0.3 is 9.47 Å². The number of ether oxygens (including phenoxy) is 2. The summed E-state index contributed by atoms with van der Waals surface area (Å²) in [6, 6.07) is 6.79. The van der Waals surface area contributed by atoms with Crippen molar-refractivity contribution in [3.63, 3.8) is 0 Å². The Morgan fingerprint density at radius 2 is 1.73 bits per heavy atom. The van der Waals surface area contributed by atoms with Crippen LogP contribution in [0.15, 0.2) is 36.4 Å². The van der Waals surface area contributed by atoms with E-state index in [0.717, 1.165) is 31.4 Å². The summed E-state index contributed by atoms with van der Waals surface area (Å²) in [5.74, 6) is -1.40. The minimum atomic E-state index is -4.64. The maximum atomic E-state index is 12.9. The van der Waals surface area contributed by atoms with Crippen LogP contribution in [0.4, 0.5) is 26.3 Å². The molecule has 0 saturated heterocycles. The number of esters is 1. The van der Waals surface area contributed by atoms with Gasteiger partial charge in [0.15, 0.2) is 6.61 Å². The molecule has 0 aliphatic heterocycles. The Hall–Kier alpha value is -2.42. The second kappa shape index (κ2) is 9.83. The Kier molecular flexibility index (Phi) is 7.51. The first kappa shape index (κ1) is 25.2. The van der Waals surface area contributed by atoms with E-state index in [1.54, 1.807) is 0 Å². The summed E-state index contributed by atoms with van der Waals surface area (Å²) >= 11 is 6.31. The maximum Gasteiger partial charge on any atom is 0.422 e. The number of hydrogen-bond acceptors (Lipinski definition) is 3. The molecule has 10 heteroatoms. The molecule has 0 spiro atoms. The highest BCUT2D eigenvalue weighted by molar-refractivity contribution is 6.34. The summed E-state index contributed by atoms with van der Waals surface area (Å²) in [4.78, 5) is 12.5. The Bertz CT molecular complexity index is 981. The third kappa shape index (κ3) is 6.34. The first-order chi connectivity index (χ1) is 15.4. The second-order valence-corrected chi connectivity index (χ2v) is 8.35. The van der Waals surface area contributed by atoms with Gasteiger partial charge in [0.1, 0.15) is 5.75 Å². The van der Waals surface area contributed by atoms with Crippen molar-refractivity contribution in [2.45, 2.75) is 44.0 Å². The number of carbonyl (C=O) groups excluding carboxylic acids is 1. The number of hydrogen-bond donors (Lipinski definition) is 0. The van der Waals surface area contributed by atoms with Crippen LogP contribution in [0.5, 0.6) is 5.75 Å². The van der Waals surface area contributed by atoms with E-state index in [0.29, 0.717) is 12.0 Å². The molecule has 2 aromatic rings. The average Bonchev–Trinajstić information content (AvgIpc) is 2.71. The molecule has 0 amide bonds. The van der Waals surface area contributed by atoms with Gasteiger partial charge in [-0.2, -0.15) is 26.3 Å². The number of methoxy groups -OCH3 is 1. The van der Waals surface area contributed by atoms with Crippen LogP contribution in [0.25, 0.3) is 11.1 Å². The van der Waals surface area contributed by atoms with Crippen LogP contribution >= 0.6 is 11.6 Å². The van der Waals surface area contributed by atoms with E-state index in [1.165, 1.54) is 31.4 Å². The lowest BCUT2D eigenvalue weighted by molar-refractivity contribution is -0.153. The van der Waals surface area contributed by atoms with Crippen LogP contribution in [0.2, 0.25) is 5.02 Å². The molecule has 1 atom stereocenters. The predicted octanol–water partition coefficient (Wildman–Crippen LogP) is 7.41. The van der Waals surface area contributed by atoms with Crippen molar-refractivity contribution in [3.8, 4) is 16.9 Å². The molecule has 0 heterocycles. The number of benzene rings is 2. The molecule has 3 nitrogen and oxygen atoms in total. The first-order valence-electron chi connectivity index (χ1n) is 10.2. The Morgan fingerprint density at radius 1 is 1.09 bits per heavy atom. The molecule has 0 bridgehead atoms.